The molecule has 2 aliphatic carbocycles. The SMILES string of the molecule is CC(NCC1(C2CC2)CCC1)c1ccc(N2CCC(O)CC2)cc1. The van der Waals surface area contributed by atoms with Crippen molar-refractivity contribution >= 4 is 5.69 Å². The quantitative estimate of drug-likeness (QED) is 0.832. The van der Waals surface area contributed by atoms with Crippen molar-refractivity contribution in [2.75, 3.05) is 24.5 Å². The molecule has 2 N–H and O–H groups in total. The van der Waals surface area contributed by atoms with Crippen molar-refractivity contribution < 1.29 is 5.11 Å². The van der Waals surface area contributed by atoms with Crippen LogP contribution in [0.15, 0.2) is 24.3 Å². The molecular formula is C21H32N2O. The zero-order valence-electron chi connectivity index (χ0n) is 15.0. The number of benzene rings is 1. The summed E-state index contributed by atoms with van der Waals surface area (Å²) in [4.78, 5) is 2.39. The zero-order chi connectivity index (χ0) is 16.6. The fourth-order valence-corrected chi connectivity index (χ4v) is 4.63. The Labute approximate surface area is 146 Å². The third kappa shape index (κ3) is 3.34. The van der Waals surface area contributed by atoms with Gasteiger partial charge < -0.3 is 15.3 Å². The van der Waals surface area contributed by atoms with Gasteiger partial charge in [-0.25, -0.2) is 0 Å². The minimum absolute atomic E-state index is 0.102. The van der Waals surface area contributed by atoms with E-state index in [4.69, 9.17) is 0 Å². The summed E-state index contributed by atoms with van der Waals surface area (Å²) in [5.74, 6) is 1.02. The first-order valence-electron chi connectivity index (χ1n) is 9.93. The van der Waals surface area contributed by atoms with Gasteiger partial charge in [0.25, 0.3) is 0 Å². The summed E-state index contributed by atoms with van der Waals surface area (Å²) >= 11 is 0. The van der Waals surface area contributed by atoms with E-state index < -0.39 is 0 Å². The van der Waals surface area contributed by atoms with Crippen LogP contribution in [0.3, 0.4) is 0 Å². The molecule has 3 heteroatoms. The largest absolute Gasteiger partial charge is 0.393 e. The predicted octanol–water partition coefficient (Wildman–Crippen LogP) is 3.88. The molecule has 1 aromatic carbocycles. The highest BCUT2D eigenvalue weighted by atomic mass is 16.3. The van der Waals surface area contributed by atoms with E-state index in [0.29, 0.717) is 11.5 Å². The fraction of sp³-hybridized carbons (Fsp3) is 0.714. The Morgan fingerprint density at radius 2 is 1.79 bits per heavy atom. The lowest BCUT2D eigenvalue weighted by molar-refractivity contribution is 0.0954. The molecule has 4 rings (SSSR count). The molecule has 0 spiro atoms. The highest BCUT2D eigenvalue weighted by Gasteiger charge is 2.48. The lowest BCUT2D eigenvalue weighted by Crippen LogP contribution is -2.42. The van der Waals surface area contributed by atoms with Gasteiger partial charge in [0, 0.05) is 31.4 Å². The van der Waals surface area contributed by atoms with Gasteiger partial charge in [0.15, 0.2) is 0 Å². The second-order valence-corrected chi connectivity index (χ2v) is 8.40. The van der Waals surface area contributed by atoms with E-state index in [0.717, 1.165) is 31.8 Å². The smallest absolute Gasteiger partial charge is 0.0574 e. The van der Waals surface area contributed by atoms with Crippen molar-refractivity contribution in [3.63, 3.8) is 0 Å². The third-order valence-corrected chi connectivity index (χ3v) is 6.78. The van der Waals surface area contributed by atoms with Gasteiger partial charge in [0.1, 0.15) is 0 Å². The number of rotatable bonds is 6. The lowest BCUT2D eigenvalue weighted by Gasteiger charge is -2.43. The highest BCUT2D eigenvalue weighted by Crippen LogP contribution is 2.56. The minimum atomic E-state index is -0.102. The summed E-state index contributed by atoms with van der Waals surface area (Å²) in [7, 11) is 0. The van der Waals surface area contributed by atoms with Crippen LogP contribution >= 0.6 is 0 Å². The Bertz CT molecular complexity index is 539. The van der Waals surface area contributed by atoms with Crippen LogP contribution < -0.4 is 10.2 Å². The number of aliphatic hydroxyl groups excluding tert-OH is 1. The van der Waals surface area contributed by atoms with E-state index in [1.54, 1.807) is 0 Å². The topological polar surface area (TPSA) is 35.5 Å². The maximum absolute atomic E-state index is 9.65. The van der Waals surface area contributed by atoms with Crippen LogP contribution in [0.4, 0.5) is 5.69 Å². The molecule has 132 valence electrons. The molecule has 3 aliphatic rings. The zero-order valence-corrected chi connectivity index (χ0v) is 15.0. The average molecular weight is 329 g/mol. The molecule has 3 fully saturated rings. The number of piperidine rings is 1. The van der Waals surface area contributed by atoms with Crippen LogP contribution in [0, 0.1) is 11.3 Å². The van der Waals surface area contributed by atoms with Crippen molar-refractivity contribution in [3.8, 4) is 0 Å². The second-order valence-electron chi connectivity index (χ2n) is 8.40. The van der Waals surface area contributed by atoms with Gasteiger partial charge in [0.05, 0.1) is 6.10 Å². The van der Waals surface area contributed by atoms with Crippen LogP contribution in [0.2, 0.25) is 0 Å². The van der Waals surface area contributed by atoms with Crippen molar-refractivity contribution in [2.24, 2.45) is 11.3 Å². The molecule has 0 amide bonds. The van der Waals surface area contributed by atoms with Gasteiger partial charge in [-0.05, 0) is 74.5 Å². The molecule has 2 saturated carbocycles. The van der Waals surface area contributed by atoms with E-state index in [2.05, 4.69) is 41.4 Å². The lowest BCUT2D eigenvalue weighted by atomic mass is 9.65. The molecule has 1 saturated heterocycles. The maximum atomic E-state index is 9.65. The number of nitrogens with zero attached hydrogens (tertiary/aromatic N) is 1. The summed E-state index contributed by atoms with van der Waals surface area (Å²) in [5, 5.41) is 13.5. The van der Waals surface area contributed by atoms with Crippen molar-refractivity contribution in [3.05, 3.63) is 29.8 Å². The van der Waals surface area contributed by atoms with Gasteiger partial charge in [0.2, 0.25) is 0 Å². The first kappa shape index (κ1) is 16.4. The first-order chi connectivity index (χ1) is 11.7. The number of nitrogens with one attached hydrogen (secondary N) is 1. The third-order valence-electron chi connectivity index (χ3n) is 6.78. The van der Waals surface area contributed by atoms with Gasteiger partial charge in [-0.3, -0.25) is 0 Å². The molecule has 1 unspecified atom stereocenters. The molecule has 1 heterocycles. The Morgan fingerprint density at radius 1 is 1.12 bits per heavy atom. The molecule has 0 aromatic heterocycles. The van der Waals surface area contributed by atoms with Crippen molar-refractivity contribution in [1.29, 1.82) is 0 Å². The minimum Gasteiger partial charge on any atom is -0.393 e. The molecule has 0 radical (unpaired) electrons. The van der Waals surface area contributed by atoms with Crippen LogP contribution in [0.25, 0.3) is 0 Å². The fourth-order valence-electron chi connectivity index (χ4n) is 4.63. The number of hydrogen-bond donors (Lipinski definition) is 2. The first-order valence-corrected chi connectivity index (χ1v) is 9.93. The molecular weight excluding hydrogens is 296 g/mol. The predicted molar refractivity (Wildman–Crippen MR) is 99.3 cm³/mol. The molecule has 1 aliphatic heterocycles. The maximum Gasteiger partial charge on any atom is 0.0574 e. The van der Waals surface area contributed by atoms with Gasteiger partial charge in [-0.15, -0.1) is 0 Å². The van der Waals surface area contributed by atoms with Gasteiger partial charge >= 0.3 is 0 Å². The summed E-state index contributed by atoms with van der Waals surface area (Å²) in [6, 6.07) is 9.50. The summed E-state index contributed by atoms with van der Waals surface area (Å²) < 4.78 is 0. The molecule has 3 nitrogen and oxygen atoms in total. The van der Waals surface area contributed by atoms with Crippen LogP contribution in [-0.4, -0.2) is 30.8 Å². The summed E-state index contributed by atoms with van der Waals surface area (Å²) in [6.45, 7) is 5.44. The number of anilines is 1. The van der Waals surface area contributed by atoms with E-state index in [1.807, 2.05) is 0 Å². The highest BCUT2D eigenvalue weighted by molar-refractivity contribution is 5.48. The Kier molecular flexibility index (Phi) is 4.57. The molecule has 1 aromatic rings. The number of hydrogen-bond acceptors (Lipinski definition) is 3. The van der Waals surface area contributed by atoms with Crippen molar-refractivity contribution in [1.82, 2.24) is 5.32 Å². The monoisotopic (exact) mass is 328 g/mol. The molecule has 1 atom stereocenters. The van der Waals surface area contributed by atoms with Gasteiger partial charge in [-0.2, -0.15) is 0 Å². The Hall–Kier alpha value is -1.06. The Morgan fingerprint density at radius 3 is 2.33 bits per heavy atom. The van der Waals surface area contributed by atoms with E-state index in [9.17, 15) is 5.11 Å². The Balaban J connectivity index is 1.32. The average Bonchev–Trinajstić information content (AvgIpc) is 3.40. The summed E-state index contributed by atoms with van der Waals surface area (Å²) in [5.41, 5.74) is 3.33. The number of aliphatic hydroxyl groups is 1. The summed E-state index contributed by atoms with van der Waals surface area (Å²) in [6.07, 6.45) is 8.94. The van der Waals surface area contributed by atoms with E-state index in [1.165, 1.54) is 49.9 Å². The van der Waals surface area contributed by atoms with E-state index >= 15 is 0 Å². The normalized spacial score (nSPS) is 25.3. The van der Waals surface area contributed by atoms with Gasteiger partial charge in [-0.1, -0.05) is 18.6 Å². The van der Waals surface area contributed by atoms with Crippen LogP contribution in [0.5, 0.6) is 0 Å². The molecule has 0 bridgehead atoms. The second kappa shape index (κ2) is 6.68. The standard InChI is InChI=1S/C21H32N2O/c1-16(22-15-21(11-2-12-21)18-5-6-18)17-3-7-19(8-4-17)23-13-9-20(24)10-14-23/h3-4,7-8,16,18,20,22,24H,2,5-6,9-15H2,1H3. The van der Waals surface area contributed by atoms with Crippen molar-refractivity contribution in [2.45, 2.75) is 64.0 Å². The van der Waals surface area contributed by atoms with E-state index in [-0.39, 0.29) is 6.10 Å². The van der Waals surface area contributed by atoms with Crippen LogP contribution in [-0.2, 0) is 0 Å². The van der Waals surface area contributed by atoms with Crippen LogP contribution in [0.1, 0.15) is 63.5 Å². The molecule has 24 heavy (non-hydrogen) atoms.